The molecule has 0 unspecified atom stereocenters. The number of aromatic nitrogens is 2. The molecule has 0 radical (unpaired) electrons. The smallest absolute Gasteiger partial charge is 0.242 e. The quantitative estimate of drug-likeness (QED) is 0.462. The van der Waals surface area contributed by atoms with Crippen LogP contribution < -0.4 is 14.9 Å². The molecule has 1 aliphatic carbocycles. The van der Waals surface area contributed by atoms with Crippen LogP contribution >= 0.6 is 11.6 Å². The van der Waals surface area contributed by atoms with E-state index >= 15 is 0 Å². The van der Waals surface area contributed by atoms with Crippen molar-refractivity contribution in [2.24, 2.45) is 11.8 Å². The predicted octanol–water partition coefficient (Wildman–Crippen LogP) is 4.69. The van der Waals surface area contributed by atoms with Crippen LogP contribution in [0.25, 0.3) is 10.9 Å². The van der Waals surface area contributed by atoms with E-state index in [0.717, 1.165) is 61.1 Å². The molecule has 0 aliphatic heterocycles. The van der Waals surface area contributed by atoms with E-state index < -0.39 is 15.8 Å². The molecule has 0 amide bonds. The fraction of sp³-hybridized carbons (Fsp3) is 0.417. The van der Waals surface area contributed by atoms with Crippen LogP contribution in [0.4, 0.5) is 16.2 Å². The maximum Gasteiger partial charge on any atom is 0.242 e. The van der Waals surface area contributed by atoms with Crippen molar-refractivity contribution in [3.63, 3.8) is 0 Å². The van der Waals surface area contributed by atoms with Gasteiger partial charge in [-0.3, -0.25) is 0 Å². The molecule has 1 saturated carbocycles. The van der Waals surface area contributed by atoms with Crippen molar-refractivity contribution in [2.45, 2.75) is 30.6 Å². The minimum atomic E-state index is -3.78. The van der Waals surface area contributed by atoms with Gasteiger partial charge in [0.15, 0.2) is 0 Å². The van der Waals surface area contributed by atoms with Crippen molar-refractivity contribution in [3.8, 4) is 0 Å². The molecule has 0 bridgehead atoms. The monoisotopic (exact) mass is 505 g/mol. The first-order valence-corrected chi connectivity index (χ1v) is 13.2. The molecule has 0 atom stereocenters. The second-order valence-corrected chi connectivity index (χ2v) is 11.1. The third kappa shape index (κ3) is 5.76. The zero-order valence-electron chi connectivity index (χ0n) is 19.3. The van der Waals surface area contributed by atoms with E-state index in [-0.39, 0.29) is 15.8 Å². The molecule has 182 valence electrons. The highest BCUT2D eigenvalue weighted by atomic mass is 35.5. The van der Waals surface area contributed by atoms with Crippen LogP contribution in [0.3, 0.4) is 0 Å². The van der Waals surface area contributed by atoms with Gasteiger partial charge in [-0.25, -0.2) is 22.5 Å². The van der Waals surface area contributed by atoms with Gasteiger partial charge in [-0.2, -0.15) is 4.98 Å². The van der Waals surface area contributed by atoms with Crippen LogP contribution in [0, 0.1) is 17.7 Å². The Morgan fingerprint density at radius 2 is 1.71 bits per heavy atom. The molecule has 34 heavy (non-hydrogen) atoms. The molecule has 7 nitrogen and oxygen atoms in total. The SMILES string of the molecule is CN(C)c1nc(NCC2CCC(CNS(=O)(=O)c3ccc(F)cc3Cl)CC2)nc2ccccc12. The van der Waals surface area contributed by atoms with Crippen molar-refractivity contribution in [1.29, 1.82) is 0 Å². The number of sulfonamides is 1. The van der Waals surface area contributed by atoms with Crippen LogP contribution in [0.1, 0.15) is 25.7 Å². The first-order chi connectivity index (χ1) is 16.2. The molecule has 1 fully saturated rings. The van der Waals surface area contributed by atoms with E-state index in [1.165, 1.54) is 6.07 Å². The molecule has 10 heteroatoms. The largest absolute Gasteiger partial charge is 0.362 e. The average Bonchev–Trinajstić information content (AvgIpc) is 2.81. The summed E-state index contributed by atoms with van der Waals surface area (Å²) in [4.78, 5) is 11.2. The highest BCUT2D eigenvalue weighted by Gasteiger charge is 2.24. The lowest BCUT2D eigenvalue weighted by molar-refractivity contribution is 0.284. The number of anilines is 2. The third-order valence-corrected chi connectivity index (χ3v) is 8.17. The lowest BCUT2D eigenvalue weighted by atomic mass is 9.82. The summed E-state index contributed by atoms with van der Waals surface area (Å²) in [5.74, 6) is 1.65. The average molecular weight is 506 g/mol. The fourth-order valence-corrected chi connectivity index (χ4v) is 6.00. The Labute approximate surface area is 204 Å². The zero-order chi connectivity index (χ0) is 24.3. The highest BCUT2D eigenvalue weighted by Crippen LogP contribution is 2.30. The fourth-order valence-electron chi connectivity index (χ4n) is 4.35. The Balaban J connectivity index is 1.29. The molecule has 0 spiro atoms. The third-order valence-electron chi connectivity index (χ3n) is 6.27. The summed E-state index contributed by atoms with van der Waals surface area (Å²) in [7, 11) is 0.163. The summed E-state index contributed by atoms with van der Waals surface area (Å²) in [6, 6.07) is 11.3. The van der Waals surface area contributed by atoms with Crippen LogP contribution in [0.15, 0.2) is 47.4 Å². The first-order valence-electron chi connectivity index (χ1n) is 11.4. The Kier molecular flexibility index (Phi) is 7.54. The Hall–Kier alpha value is -2.49. The number of fused-ring (bicyclic) bond motifs is 1. The van der Waals surface area contributed by atoms with Crippen LogP contribution in [-0.2, 0) is 10.0 Å². The summed E-state index contributed by atoms with van der Waals surface area (Å²) >= 11 is 5.92. The van der Waals surface area contributed by atoms with E-state index in [1.54, 1.807) is 0 Å². The molecule has 4 rings (SSSR count). The minimum absolute atomic E-state index is 0.0964. The second kappa shape index (κ2) is 10.4. The number of nitrogens with one attached hydrogen (secondary N) is 2. The van der Waals surface area contributed by atoms with E-state index in [4.69, 9.17) is 16.6 Å². The van der Waals surface area contributed by atoms with Gasteiger partial charge in [0.05, 0.1) is 10.5 Å². The van der Waals surface area contributed by atoms with Gasteiger partial charge in [0.1, 0.15) is 16.5 Å². The summed E-state index contributed by atoms with van der Waals surface area (Å²) in [5.41, 5.74) is 0.904. The summed E-state index contributed by atoms with van der Waals surface area (Å²) in [5, 5.41) is 4.30. The van der Waals surface area contributed by atoms with Crippen molar-refractivity contribution in [3.05, 3.63) is 53.3 Å². The van der Waals surface area contributed by atoms with Gasteiger partial charge in [0.25, 0.3) is 0 Å². The lowest BCUT2D eigenvalue weighted by Gasteiger charge is -2.29. The predicted molar refractivity (Wildman–Crippen MR) is 134 cm³/mol. The standard InChI is InChI=1S/C24H29ClFN5O2S/c1-31(2)23-19-5-3-4-6-21(19)29-24(30-23)27-14-16-7-9-17(10-8-16)15-28-34(32,33)22-12-11-18(26)13-20(22)25/h3-6,11-13,16-17,28H,7-10,14-15H2,1-2H3,(H,27,29,30). The van der Waals surface area contributed by atoms with Gasteiger partial charge >= 0.3 is 0 Å². The summed E-state index contributed by atoms with van der Waals surface area (Å²) < 4.78 is 41.0. The first kappa shape index (κ1) is 24.6. The Morgan fingerprint density at radius 3 is 2.38 bits per heavy atom. The highest BCUT2D eigenvalue weighted by molar-refractivity contribution is 7.89. The number of halogens is 2. The van der Waals surface area contributed by atoms with Gasteiger partial charge in [-0.05, 0) is 67.9 Å². The number of hydrogen-bond donors (Lipinski definition) is 2. The summed E-state index contributed by atoms with van der Waals surface area (Å²) in [6.07, 6.45) is 3.83. The van der Waals surface area contributed by atoms with E-state index in [2.05, 4.69) is 15.0 Å². The van der Waals surface area contributed by atoms with E-state index in [0.29, 0.717) is 18.4 Å². The minimum Gasteiger partial charge on any atom is -0.362 e. The molecule has 0 saturated heterocycles. The zero-order valence-corrected chi connectivity index (χ0v) is 20.8. The van der Waals surface area contributed by atoms with E-state index in [1.807, 2.05) is 43.3 Å². The van der Waals surface area contributed by atoms with Crippen molar-refractivity contribution in [1.82, 2.24) is 14.7 Å². The maximum absolute atomic E-state index is 13.2. The van der Waals surface area contributed by atoms with Crippen molar-refractivity contribution < 1.29 is 12.8 Å². The molecular formula is C24H29ClFN5O2S. The second-order valence-electron chi connectivity index (χ2n) is 8.98. The number of para-hydroxylation sites is 1. The van der Waals surface area contributed by atoms with Gasteiger partial charge < -0.3 is 10.2 Å². The molecule has 1 heterocycles. The topological polar surface area (TPSA) is 87.2 Å². The summed E-state index contributed by atoms with van der Waals surface area (Å²) in [6.45, 7) is 1.12. The number of hydrogen-bond acceptors (Lipinski definition) is 6. The molecule has 1 aliphatic rings. The van der Waals surface area contributed by atoms with Gasteiger partial charge in [0, 0.05) is 32.6 Å². The molecule has 2 aromatic carbocycles. The van der Waals surface area contributed by atoms with E-state index in [9.17, 15) is 12.8 Å². The van der Waals surface area contributed by atoms with Crippen LogP contribution in [0.5, 0.6) is 0 Å². The molecular weight excluding hydrogens is 477 g/mol. The van der Waals surface area contributed by atoms with Gasteiger partial charge in [0.2, 0.25) is 16.0 Å². The number of rotatable bonds is 8. The maximum atomic E-state index is 13.2. The number of nitrogens with zero attached hydrogens (tertiary/aromatic N) is 3. The Bertz CT molecular complexity index is 1260. The van der Waals surface area contributed by atoms with Crippen molar-refractivity contribution >= 4 is 44.3 Å². The molecule has 2 N–H and O–H groups in total. The molecule has 1 aromatic heterocycles. The lowest BCUT2D eigenvalue weighted by Crippen LogP contribution is -2.32. The normalized spacial score (nSPS) is 18.7. The van der Waals surface area contributed by atoms with Gasteiger partial charge in [-0.1, -0.05) is 23.7 Å². The van der Waals surface area contributed by atoms with Crippen molar-refractivity contribution in [2.75, 3.05) is 37.4 Å². The molecule has 3 aromatic rings. The number of benzene rings is 2. The Morgan fingerprint density at radius 1 is 1.03 bits per heavy atom. The van der Waals surface area contributed by atoms with Crippen LogP contribution in [0.2, 0.25) is 5.02 Å². The van der Waals surface area contributed by atoms with Crippen LogP contribution in [-0.4, -0.2) is 45.6 Å². The van der Waals surface area contributed by atoms with Gasteiger partial charge in [-0.15, -0.1) is 0 Å².